The van der Waals surface area contributed by atoms with Crippen LogP contribution in [0.5, 0.6) is 0 Å². The van der Waals surface area contributed by atoms with Gasteiger partial charge in [-0.3, -0.25) is 0 Å². The Kier molecular flexibility index (Phi) is 11.8. The maximum absolute atomic E-state index is 5.91. The maximum atomic E-state index is 5.91. The molecule has 0 saturated heterocycles. The molecule has 0 N–H and O–H groups in total. The van der Waals surface area contributed by atoms with Crippen LogP contribution in [0.15, 0.2) is 24.3 Å². The van der Waals surface area contributed by atoms with Crippen molar-refractivity contribution in [1.82, 2.24) is 0 Å². The molecule has 0 heterocycles. The van der Waals surface area contributed by atoms with Crippen LogP contribution in [0.2, 0.25) is 0 Å². The van der Waals surface area contributed by atoms with Crippen molar-refractivity contribution in [3.63, 3.8) is 0 Å². The summed E-state index contributed by atoms with van der Waals surface area (Å²) in [5.41, 5.74) is 1.31. The van der Waals surface area contributed by atoms with Crippen molar-refractivity contribution >= 4 is 27.1 Å². The summed E-state index contributed by atoms with van der Waals surface area (Å²) in [6.45, 7) is 7.75. The summed E-state index contributed by atoms with van der Waals surface area (Å²) in [5, 5.41) is 1.55. The van der Waals surface area contributed by atoms with E-state index in [1.807, 2.05) is 13.8 Å². The third-order valence-electron chi connectivity index (χ3n) is 4.08. The van der Waals surface area contributed by atoms with E-state index in [0.717, 1.165) is 6.42 Å². The van der Waals surface area contributed by atoms with Crippen molar-refractivity contribution in [2.75, 3.05) is 13.2 Å². The molecule has 2 nitrogen and oxygen atoms in total. The summed E-state index contributed by atoms with van der Waals surface area (Å²) in [6, 6.07) is 8.55. The Hall–Kier alpha value is -0.293. The summed E-state index contributed by atoms with van der Waals surface area (Å²) in [5.74, 6) is 0. The minimum atomic E-state index is -1.79. The van der Waals surface area contributed by atoms with Crippen LogP contribution >= 0.6 is 12.6 Å². The highest BCUT2D eigenvalue weighted by atomic mass is 32.1. The normalized spacial score (nSPS) is 12.7. The second-order valence-corrected chi connectivity index (χ2v) is 8.52. The molecule has 0 aliphatic rings. The molecule has 0 spiro atoms. The zero-order chi connectivity index (χ0) is 16.9. The van der Waals surface area contributed by atoms with Crippen LogP contribution in [0.25, 0.3) is 0 Å². The second kappa shape index (κ2) is 13.0. The van der Waals surface area contributed by atoms with Crippen LogP contribution in [-0.2, 0) is 8.85 Å². The predicted octanol–water partition coefficient (Wildman–Crippen LogP) is 4.91. The van der Waals surface area contributed by atoms with Crippen molar-refractivity contribution in [3.05, 3.63) is 29.8 Å². The van der Waals surface area contributed by atoms with Gasteiger partial charge in [0.25, 0.3) is 0 Å². The van der Waals surface area contributed by atoms with Crippen molar-refractivity contribution in [2.24, 2.45) is 0 Å². The van der Waals surface area contributed by atoms with Crippen LogP contribution in [0.4, 0.5) is 0 Å². The summed E-state index contributed by atoms with van der Waals surface area (Å²) in [6.07, 6.45) is 9.09. The molecule has 0 amide bonds. The zero-order valence-corrected chi connectivity index (χ0v) is 17.1. The number of benzene rings is 1. The third-order valence-corrected chi connectivity index (χ3v) is 6.92. The number of thiol groups is 1. The largest absolute Gasteiger partial charge is 0.394 e. The Morgan fingerprint density at radius 2 is 1.52 bits per heavy atom. The second-order valence-electron chi connectivity index (χ2n) is 5.94. The van der Waals surface area contributed by atoms with Gasteiger partial charge in [0.05, 0.1) is 0 Å². The zero-order valence-electron chi connectivity index (χ0n) is 15.1. The minimum Gasteiger partial charge on any atom is -0.394 e. The standard InChI is InChI=1S/C19H34O2SSi/c1-4-7-8-9-10-11-15-18(22)17-14-12-13-16-19(17)23(20-5-2)21-6-3/h12-14,16,18,22-23H,4-11,15H2,1-3H3. The molecule has 132 valence electrons. The van der Waals surface area contributed by atoms with Crippen molar-refractivity contribution in [3.8, 4) is 0 Å². The van der Waals surface area contributed by atoms with E-state index in [-0.39, 0.29) is 5.25 Å². The molecule has 0 aliphatic heterocycles. The molecule has 1 aromatic rings. The van der Waals surface area contributed by atoms with Gasteiger partial charge >= 0.3 is 9.28 Å². The van der Waals surface area contributed by atoms with E-state index in [2.05, 4.69) is 31.2 Å². The van der Waals surface area contributed by atoms with Gasteiger partial charge in [0.15, 0.2) is 0 Å². The fourth-order valence-electron chi connectivity index (χ4n) is 2.83. The lowest BCUT2D eigenvalue weighted by Crippen LogP contribution is -2.39. The van der Waals surface area contributed by atoms with Crippen molar-refractivity contribution < 1.29 is 8.85 Å². The van der Waals surface area contributed by atoms with Gasteiger partial charge in [-0.25, -0.2) is 0 Å². The molecule has 0 aromatic heterocycles. The van der Waals surface area contributed by atoms with Gasteiger partial charge in [0.2, 0.25) is 0 Å². The van der Waals surface area contributed by atoms with Gasteiger partial charge in [-0.2, -0.15) is 12.6 Å². The fourth-order valence-corrected chi connectivity index (χ4v) is 5.29. The number of hydrogen-bond donors (Lipinski definition) is 1. The predicted molar refractivity (Wildman–Crippen MR) is 106 cm³/mol. The number of unbranched alkanes of at least 4 members (excludes halogenated alkanes) is 5. The average molecular weight is 355 g/mol. The minimum absolute atomic E-state index is 0.285. The highest BCUT2D eigenvalue weighted by Gasteiger charge is 2.21. The fraction of sp³-hybridized carbons (Fsp3) is 0.684. The average Bonchev–Trinajstić information content (AvgIpc) is 2.57. The number of hydrogen-bond acceptors (Lipinski definition) is 3. The van der Waals surface area contributed by atoms with E-state index < -0.39 is 9.28 Å². The van der Waals surface area contributed by atoms with E-state index in [0.29, 0.717) is 13.2 Å². The first-order chi connectivity index (χ1) is 11.2. The first-order valence-corrected chi connectivity index (χ1v) is 11.3. The topological polar surface area (TPSA) is 18.5 Å². The quantitative estimate of drug-likeness (QED) is 0.308. The van der Waals surface area contributed by atoms with Crippen LogP contribution in [0.3, 0.4) is 0 Å². The molecular formula is C19H34O2SSi. The Morgan fingerprint density at radius 1 is 0.913 bits per heavy atom. The molecule has 1 aromatic carbocycles. The van der Waals surface area contributed by atoms with E-state index in [1.54, 1.807) is 0 Å². The van der Waals surface area contributed by atoms with Gasteiger partial charge in [0.1, 0.15) is 0 Å². The molecule has 0 saturated carbocycles. The Balaban J connectivity index is 2.60. The smallest absolute Gasteiger partial charge is 0.356 e. The van der Waals surface area contributed by atoms with Gasteiger partial charge in [-0.1, -0.05) is 69.7 Å². The molecule has 0 fully saturated rings. The highest BCUT2D eigenvalue weighted by molar-refractivity contribution is 7.80. The van der Waals surface area contributed by atoms with E-state index in [4.69, 9.17) is 21.5 Å². The summed E-state index contributed by atoms with van der Waals surface area (Å²) >= 11 is 4.87. The lowest BCUT2D eigenvalue weighted by atomic mass is 10.0. The van der Waals surface area contributed by atoms with Crippen LogP contribution in [-0.4, -0.2) is 22.5 Å². The molecule has 4 heteroatoms. The van der Waals surface area contributed by atoms with Gasteiger partial charge in [-0.05, 0) is 31.0 Å². The van der Waals surface area contributed by atoms with Crippen molar-refractivity contribution in [2.45, 2.75) is 71.0 Å². The first kappa shape index (κ1) is 20.8. The van der Waals surface area contributed by atoms with Crippen LogP contribution < -0.4 is 5.19 Å². The van der Waals surface area contributed by atoms with Gasteiger partial charge in [0, 0.05) is 18.5 Å². The Bertz CT molecular complexity index is 408. The molecule has 0 radical (unpaired) electrons. The lowest BCUT2D eigenvalue weighted by Gasteiger charge is -2.21. The number of rotatable bonds is 13. The van der Waals surface area contributed by atoms with Crippen LogP contribution in [0.1, 0.15) is 76.5 Å². The third kappa shape index (κ3) is 7.88. The molecule has 1 rings (SSSR count). The molecule has 1 unspecified atom stereocenters. The van der Waals surface area contributed by atoms with E-state index in [1.165, 1.54) is 49.3 Å². The summed E-state index contributed by atoms with van der Waals surface area (Å²) < 4.78 is 11.8. The molecule has 0 bridgehead atoms. The summed E-state index contributed by atoms with van der Waals surface area (Å²) in [7, 11) is -1.79. The van der Waals surface area contributed by atoms with E-state index >= 15 is 0 Å². The van der Waals surface area contributed by atoms with E-state index in [9.17, 15) is 0 Å². The SMILES string of the molecule is CCCCCCCCC(S)c1ccccc1[SiH](OCC)OCC. The van der Waals surface area contributed by atoms with Gasteiger partial charge < -0.3 is 8.85 Å². The molecule has 0 aliphatic carbocycles. The van der Waals surface area contributed by atoms with Crippen molar-refractivity contribution in [1.29, 1.82) is 0 Å². The monoisotopic (exact) mass is 354 g/mol. The highest BCUT2D eigenvalue weighted by Crippen LogP contribution is 2.25. The molecule has 1 atom stereocenters. The van der Waals surface area contributed by atoms with Gasteiger partial charge in [-0.15, -0.1) is 0 Å². The molecular weight excluding hydrogens is 320 g/mol. The Morgan fingerprint density at radius 3 is 2.17 bits per heavy atom. The summed E-state index contributed by atoms with van der Waals surface area (Å²) in [4.78, 5) is 0. The van der Waals surface area contributed by atoms with Crippen LogP contribution in [0, 0.1) is 0 Å². The first-order valence-electron chi connectivity index (χ1n) is 9.24. The Labute approximate surface area is 150 Å². The lowest BCUT2D eigenvalue weighted by molar-refractivity contribution is 0.225. The maximum Gasteiger partial charge on any atom is 0.356 e. The molecule has 23 heavy (non-hydrogen) atoms.